The Morgan fingerprint density at radius 2 is 1.88 bits per heavy atom. The first-order valence-corrected chi connectivity index (χ1v) is 6.69. The molecule has 0 aliphatic carbocycles. The minimum absolute atomic E-state index is 0.0819. The van der Waals surface area contributed by atoms with Gasteiger partial charge in [-0.2, -0.15) is 0 Å². The zero-order valence-corrected chi connectivity index (χ0v) is 10.1. The van der Waals surface area contributed by atoms with Crippen LogP contribution in [0, 0.1) is 5.82 Å². The van der Waals surface area contributed by atoms with Crippen LogP contribution in [0.25, 0.3) is 0 Å². The number of rotatable bonds is 4. The van der Waals surface area contributed by atoms with E-state index in [1.807, 2.05) is 0 Å². The van der Waals surface area contributed by atoms with Crippen LogP contribution < -0.4 is 0 Å². The standard InChI is InChI=1S/C10H10ClFO3S/c1-2-16(14,15)10(11)9(13)7-3-5-8(12)6-4-7/h3-6,10H,2H2,1H3/t10-/m0/s1. The summed E-state index contributed by atoms with van der Waals surface area (Å²) in [7, 11) is -3.63. The zero-order chi connectivity index (χ0) is 12.3. The summed E-state index contributed by atoms with van der Waals surface area (Å²) in [4.78, 5) is 11.6. The largest absolute Gasteiger partial charge is 0.291 e. The number of hydrogen-bond donors (Lipinski definition) is 0. The first-order chi connectivity index (χ1) is 7.38. The van der Waals surface area contributed by atoms with Gasteiger partial charge in [-0.05, 0) is 24.3 Å². The molecular weight excluding hydrogens is 255 g/mol. The van der Waals surface area contributed by atoms with Crippen LogP contribution in [0.1, 0.15) is 17.3 Å². The molecule has 0 heterocycles. The monoisotopic (exact) mass is 264 g/mol. The number of ketones is 1. The summed E-state index contributed by atoms with van der Waals surface area (Å²) in [5.74, 6) is -1.45. The summed E-state index contributed by atoms with van der Waals surface area (Å²) in [6.07, 6.45) is 0. The molecule has 0 saturated heterocycles. The van der Waals surface area contributed by atoms with Crippen LogP contribution >= 0.6 is 11.6 Å². The molecule has 0 spiro atoms. The van der Waals surface area contributed by atoms with E-state index in [4.69, 9.17) is 11.6 Å². The van der Waals surface area contributed by atoms with E-state index >= 15 is 0 Å². The van der Waals surface area contributed by atoms with E-state index in [0.717, 1.165) is 12.1 Å². The molecule has 16 heavy (non-hydrogen) atoms. The van der Waals surface area contributed by atoms with E-state index in [9.17, 15) is 17.6 Å². The van der Waals surface area contributed by atoms with Crippen molar-refractivity contribution in [2.45, 2.75) is 11.6 Å². The number of benzene rings is 1. The van der Waals surface area contributed by atoms with Crippen LogP contribution in [0.2, 0.25) is 0 Å². The lowest BCUT2D eigenvalue weighted by Crippen LogP contribution is -2.26. The Bertz CT molecular complexity index is 481. The molecule has 0 aliphatic heterocycles. The zero-order valence-electron chi connectivity index (χ0n) is 8.48. The Hall–Kier alpha value is -0.940. The van der Waals surface area contributed by atoms with Crippen molar-refractivity contribution < 1.29 is 17.6 Å². The number of sulfone groups is 1. The fourth-order valence-corrected chi connectivity index (χ4v) is 2.31. The predicted octanol–water partition coefficient (Wildman–Crippen LogP) is 2.01. The van der Waals surface area contributed by atoms with Crippen molar-refractivity contribution in [1.29, 1.82) is 0 Å². The van der Waals surface area contributed by atoms with Gasteiger partial charge >= 0.3 is 0 Å². The van der Waals surface area contributed by atoms with Crippen LogP contribution in [-0.2, 0) is 9.84 Å². The highest BCUT2D eigenvalue weighted by Crippen LogP contribution is 2.15. The van der Waals surface area contributed by atoms with Crippen molar-refractivity contribution in [3.8, 4) is 0 Å². The minimum atomic E-state index is -3.63. The lowest BCUT2D eigenvalue weighted by Gasteiger charge is -2.08. The number of halogens is 2. The fraction of sp³-hybridized carbons (Fsp3) is 0.300. The molecule has 1 aromatic carbocycles. The number of carbonyl (C=O) groups excluding carboxylic acids is 1. The van der Waals surface area contributed by atoms with Crippen molar-refractivity contribution in [2.75, 3.05) is 5.75 Å². The lowest BCUT2D eigenvalue weighted by molar-refractivity contribution is 0.101. The highest BCUT2D eigenvalue weighted by Gasteiger charge is 2.29. The molecule has 0 aliphatic rings. The molecule has 1 atom stereocenters. The van der Waals surface area contributed by atoms with Gasteiger partial charge < -0.3 is 0 Å². The Kier molecular flexibility index (Phi) is 4.04. The van der Waals surface area contributed by atoms with Gasteiger partial charge in [0.25, 0.3) is 0 Å². The van der Waals surface area contributed by atoms with E-state index < -0.39 is 26.1 Å². The Balaban J connectivity index is 2.99. The van der Waals surface area contributed by atoms with E-state index in [0.29, 0.717) is 0 Å². The smallest absolute Gasteiger partial charge is 0.197 e. The third-order valence-corrected chi connectivity index (χ3v) is 4.71. The predicted molar refractivity (Wildman–Crippen MR) is 59.8 cm³/mol. The van der Waals surface area contributed by atoms with Gasteiger partial charge in [0, 0.05) is 11.3 Å². The van der Waals surface area contributed by atoms with Gasteiger partial charge in [-0.25, -0.2) is 12.8 Å². The van der Waals surface area contributed by atoms with Crippen molar-refractivity contribution in [2.24, 2.45) is 0 Å². The maximum absolute atomic E-state index is 12.6. The molecule has 0 amide bonds. The second-order valence-electron chi connectivity index (χ2n) is 3.14. The number of hydrogen-bond acceptors (Lipinski definition) is 3. The SMILES string of the molecule is CCS(=O)(=O)[C@H](Cl)C(=O)c1ccc(F)cc1. The molecule has 1 rings (SSSR count). The molecule has 0 unspecified atom stereocenters. The summed E-state index contributed by atoms with van der Waals surface area (Å²) < 4.78 is 33.7. The summed E-state index contributed by atoms with van der Waals surface area (Å²) in [6, 6.07) is 4.57. The van der Waals surface area contributed by atoms with Crippen molar-refractivity contribution >= 4 is 27.2 Å². The average molecular weight is 265 g/mol. The molecule has 0 bridgehead atoms. The molecule has 0 saturated carbocycles. The van der Waals surface area contributed by atoms with Crippen LogP contribution in [0.5, 0.6) is 0 Å². The van der Waals surface area contributed by atoms with Gasteiger partial charge in [-0.3, -0.25) is 4.79 Å². The van der Waals surface area contributed by atoms with Crippen molar-refractivity contribution in [1.82, 2.24) is 0 Å². The highest BCUT2D eigenvalue weighted by atomic mass is 35.5. The van der Waals surface area contributed by atoms with Gasteiger partial charge in [-0.15, -0.1) is 0 Å². The summed E-state index contributed by atoms with van der Waals surface area (Å²) in [5, 5.41) is 0. The average Bonchev–Trinajstić information content (AvgIpc) is 2.28. The van der Waals surface area contributed by atoms with E-state index in [1.165, 1.54) is 19.1 Å². The molecule has 6 heteroatoms. The second-order valence-corrected chi connectivity index (χ2v) is 6.21. The Labute approximate surface area is 98.1 Å². The van der Waals surface area contributed by atoms with E-state index in [2.05, 4.69) is 0 Å². The number of Topliss-reactive ketones (excluding diaryl/α,β-unsaturated/α-hetero) is 1. The Morgan fingerprint density at radius 3 is 2.31 bits per heavy atom. The van der Waals surface area contributed by atoms with E-state index in [1.54, 1.807) is 0 Å². The third kappa shape index (κ3) is 2.80. The van der Waals surface area contributed by atoms with Crippen molar-refractivity contribution in [3.63, 3.8) is 0 Å². The topological polar surface area (TPSA) is 51.2 Å². The molecule has 0 fully saturated rings. The maximum atomic E-state index is 12.6. The van der Waals surface area contributed by atoms with Gasteiger partial charge in [-0.1, -0.05) is 18.5 Å². The quantitative estimate of drug-likeness (QED) is 0.617. The molecule has 88 valence electrons. The maximum Gasteiger partial charge on any atom is 0.197 e. The third-order valence-electron chi connectivity index (χ3n) is 2.05. The van der Waals surface area contributed by atoms with Gasteiger partial charge in [0.15, 0.2) is 20.3 Å². The highest BCUT2D eigenvalue weighted by molar-refractivity contribution is 7.94. The van der Waals surface area contributed by atoms with Crippen LogP contribution in [0.15, 0.2) is 24.3 Å². The van der Waals surface area contributed by atoms with Crippen LogP contribution in [-0.4, -0.2) is 24.7 Å². The van der Waals surface area contributed by atoms with E-state index in [-0.39, 0.29) is 11.3 Å². The van der Waals surface area contributed by atoms with Crippen LogP contribution in [0.4, 0.5) is 4.39 Å². The molecule has 0 radical (unpaired) electrons. The summed E-state index contributed by atoms with van der Waals surface area (Å²) >= 11 is 5.57. The first-order valence-electron chi connectivity index (χ1n) is 4.54. The first kappa shape index (κ1) is 13.1. The van der Waals surface area contributed by atoms with Crippen LogP contribution in [0.3, 0.4) is 0 Å². The van der Waals surface area contributed by atoms with Gasteiger partial charge in [0.2, 0.25) is 0 Å². The summed E-state index contributed by atoms with van der Waals surface area (Å²) in [6.45, 7) is 1.41. The molecular formula is C10H10ClFO3S. The minimum Gasteiger partial charge on any atom is -0.291 e. The van der Waals surface area contributed by atoms with Gasteiger partial charge in [0.05, 0.1) is 0 Å². The van der Waals surface area contributed by atoms with Gasteiger partial charge in [0.1, 0.15) is 5.82 Å². The lowest BCUT2D eigenvalue weighted by atomic mass is 10.1. The second kappa shape index (κ2) is 4.93. The fourth-order valence-electron chi connectivity index (χ4n) is 1.05. The summed E-state index contributed by atoms with van der Waals surface area (Å²) in [5.41, 5.74) is 0.0819. The molecule has 0 aromatic heterocycles. The molecule has 1 aromatic rings. The van der Waals surface area contributed by atoms with Crippen molar-refractivity contribution in [3.05, 3.63) is 35.6 Å². The number of carbonyl (C=O) groups is 1. The molecule has 0 N–H and O–H groups in total. The Morgan fingerprint density at radius 1 is 1.38 bits per heavy atom. The molecule has 3 nitrogen and oxygen atoms in total. The number of alkyl halides is 1. The normalized spacial score (nSPS) is 13.4.